The molecule has 0 N–H and O–H groups in total. The van der Waals surface area contributed by atoms with E-state index < -0.39 is 0 Å². The minimum absolute atomic E-state index is 0.815. The lowest BCUT2D eigenvalue weighted by molar-refractivity contribution is 0.0879. The Morgan fingerprint density at radius 2 is 1.04 bits per heavy atom. The monoisotopic (exact) mass is 432 g/mol. The summed E-state index contributed by atoms with van der Waals surface area (Å²) in [5, 5.41) is 1.15. The van der Waals surface area contributed by atoms with Gasteiger partial charge < -0.3 is 4.74 Å². The summed E-state index contributed by atoms with van der Waals surface area (Å²) >= 11 is 3.51. The molecular weight excluding hydrogens is 384 g/mol. The molecule has 0 aliphatic carbocycles. The Kier molecular flexibility index (Phi) is 23.9. The maximum absolute atomic E-state index is 6.05. The summed E-state index contributed by atoms with van der Waals surface area (Å²) in [6.07, 6.45) is 25.0. The molecular formula is C24H49BrO. The minimum Gasteiger partial charge on any atom is -0.381 e. The van der Waals surface area contributed by atoms with Crippen LogP contribution in [0, 0.1) is 5.92 Å². The molecule has 1 unspecified atom stereocenters. The quantitative estimate of drug-likeness (QED) is 0.122. The van der Waals surface area contributed by atoms with Crippen molar-refractivity contribution in [1.29, 1.82) is 0 Å². The van der Waals surface area contributed by atoms with Crippen molar-refractivity contribution in [2.75, 3.05) is 18.5 Å². The summed E-state index contributed by atoms with van der Waals surface area (Å²) in [6.45, 7) is 6.59. The number of alkyl halides is 1. The highest BCUT2D eigenvalue weighted by Gasteiger charge is 2.09. The van der Waals surface area contributed by atoms with Crippen molar-refractivity contribution in [3.8, 4) is 0 Å². The van der Waals surface area contributed by atoms with Crippen LogP contribution in [0.1, 0.15) is 129 Å². The summed E-state index contributed by atoms with van der Waals surface area (Å²) in [7, 11) is 0. The van der Waals surface area contributed by atoms with Crippen LogP contribution in [0.3, 0.4) is 0 Å². The van der Waals surface area contributed by atoms with Crippen molar-refractivity contribution in [2.24, 2.45) is 5.92 Å². The molecule has 0 aliphatic heterocycles. The zero-order valence-electron chi connectivity index (χ0n) is 18.2. The molecule has 0 saturated carbocycles. The van der Waals surface area contributed by atoms with Crippen molar-refractivity contribution in [3.63, 3.8) is 0 Å². The number of halogens is 1. The molecule has 0 rings (SSSR count). The summed E-state index contributed by atoms with van der Waals surface area (Å²) in [5.41, 5.74) is 0. The smallest absolute Gasteiger partial charge is 0.0494 e. The number of hydrogen-bond acceptors (Lipinski definition) is 1. The van der Waals surface area contributed by atoms with Gasteiger partial charge in [-0.15, -0.1) is 0 Å². The van der Waals surface area contributed by atoms with E-state index in [1.807, 2.05) is 0 Å². The van der Waals surface area contributed by atoms with Crippen molar-refractivity contribution < 1.29 is 4.74 Å². The van der Waals surface area contributed by atoms with Gasteiger partial charge in [-0.25, -0.2) is 0 Å². The van der Waals surface area contributed by atoms with Crippen molar-refractivity contribution in [3.05, 3.63) is 0 Å². The highest BCUT2D eigenvalue weighted by molar-refractivity contribution is 9.09. The van der Waals surface area contributed by atoms with Gasteiger partial charge in [0.25, 0.3) is 0 Å². The van der Waals surface area contributed by atoms with Crippen LogP contribution < -0.4 is 0 Å². The molecule has 0 spiro atoms. The van der Waals surface area contributed by atoms with Gasteiger partial charge in [0.2, 0.25) is 0 Å². The van der Waals surface area contributed by atoms with Crippen molar-refractivity contribution in [1.82, 2.24) is 0 Å². The second-order valence-electron chi connectivity index (χ2n) is 8.16. The average Bonchev–Trinajstić information content (AvgIpc) is 2.65. The standard InChI is InChI=1S/C24H49BrO/c1-3-5-7-9-10-12-16-20-24(19-15-11-8-6-4-2)23-26-22-18-14-13-17-21-25/h24H,3-23H2,1-2H3. The van der Waals surface area contributed by atoms with Crippen LogP contribution in [0.15, 0.2) is 0 Å². The van der Waals surface area contributed by atoms with Gasteiger partial charge in [-0.05, 0) is 31.6 Å². The van der Waals surface area contributed by atoms with Crippen LogP contribution in [0.5, 0.6) is 0 Å². The molecule has 2 heteroatoms. The molecule has 0 heterocycles. The van der Waals surface area contributed by atoms with Crippen LogP contribution in [0.25, 0.3) is 0 Å². The highest BCUT2D eigenvalue weighted by atomic mass is 79.9. The van der Waals surface area contributed by atoms with E-state index in [1.165, 1.54) is 116 Å². The molecule has 0 aromatic heterocycles. The van der Waals surface area contributed by atoms with Gasteiger partial charge in [0.1, 0.15) is 0 Å². The van der Waals surface area contributed by atoms with Crippen LogP contribution in [0.4, 0.5) is 0 Å². The van der Waals surface area contributed by atoms with E-state index in [1.54, 1.807) is 0 Å². The Bertz CT molecular complexity index is 226. The Morgan fingerprint density at radius 1 is 0.577 bits per heavy atom. The van der Waals surface area contributed by atoms with Crippen LogP contribution in [0.2, 0.25) is 0 Å². The zero-order valence-corrected chi connectivity index (χ0v) is 19.8. The number of unbranched alkanes of at least 4 members (excludes halogenated alkanes) is 13. The normalized spacial score (nSPS) is 12.6. The van der Waals surface area contributed by atoms with E-state index in [2.05, 4.69) is 29.8 Å². The predicted molar refractivity (Wildman–Crippen MR) is 123 cm³/mol. The molecule has 0 aromatic carbocycles. The molecule has 0 amide bonds. The fourth-order valence-electron chi connectivity index (χ4n) is 3.64. The molecule has 0 radical (unpaired) electrons. The SMILES string of the molecule is CCCCCCCCCC(CCCCCCC)COCCCCCCBr. The number of ether oxygens (including phenoxy) is 1. The first kappa shape index (κ1) is 26.4. The fourth-order valence-corrected chi connectivity index (χ4v) is 4.04. The lowest BCUT2D eigenvalue weighted by Crippen LogP contribution is -2.11. The fraction of sp³-hybridized carbons (Fsp3) is 1.00. The summed E-state index contributed by atoms with van der Waals surface area (Å²) in [4.78, 5) is 0. The Labute approximate surface area is 174 Å². The topological polar surface area (TPSA) is 9.23 Å². The van der Waals surface area contributed by atoms with Gasteiger partial charge in [0.05, 0.1) is 0 Å². The second-order valence-corrected chi connectivity index (χ2v) is 8.95. The average molecular weight is 434 g/mol. The Balaban J connectivity index is 3.75. The summed E-state index contributed by atoms with van der Waals surface area (Å²) in [5.74, 6) is 0.815. The second kappa shape index (κ2) is 23.5. The van der Waals surface area contributed by atoms with E-state index >= 15 is 0 Å². The highest BCUT2D eigenvalue weighted by Crippen LogP contribution is 2.20. The Morgan fingerprint density at radius 3 is 1.58 bits per heavy atom. The van der Waals surface area contributed by atoms with Crippen LogP contribution in [-0.2, 0) is 4.74 Å². The third kappa shape index (κ3) is 20.7. The minimum atomic E-state index is 0.815. The number of hydrogen-bond donors (Lipinski definition) is 0. The maximum Gasteiger partial charge on any atom is 0.0494 e. The van der Waals surface area contributed by atoms with Gasteiger partial charge >= 0.3 is 0 Å². The lowest BCUT2D eigenvalue weighted by Gasteiger charge is -2.17. The van der Waals surface area contributed by atoms with Gasteiger partial charge in [0, 0.05) is 18.5 Å². The van der Waals surface area contributed by atoms with Gasteiger partial charge in [-0.3, -0.25) is 0 Å². The Hall–Kier alpha value is 0.440. The molecule has 0 aliphatic rings. The molecule has 0 fully saturated rings. The molecule has 26 heavy (non-hydrogen) atoms. The van der Waals surface area contributed by atoms with E-state index in [-0.39, 0.29) is 0 Å². The van der Waals surface area contributed by atoms with E-state index in [0.29, 0.717) is 0 Å². The first-order chi connectivity index (χ1) is 12.8. The molecule has 158 valence electrons. The maximum atomic E-state index is 6.05. The van der Waals surface area contributed by atoms with E-state index in [0.717, 1.165) is 24.5 Å². The van der Waals surface area contributed by atoms with Gasteiger partial charge in [-0.2, -0.15) is 0 Å². The molecule has 0 bridgehead atoms. The lowest BCUT2D eigenvalue weighted by atomic mass is 9.95. The predicted octanol–water partition coefficient (Wildman–Crippen LogP) is 9.08. The third-order valence-corrected chi connectivity index (χ3v) is 6.02. The van der Waals surface area contributed by atoms with Crippen LogP contribution >= 0.6 is 15.9 Å². The molecule has 1 atom stereocenters. The van der Waals surface area contributed by atoms with E-state index in [9.17, 15) is 0 Å². The molecule has 0 aromatic rings. The molecule has 0 saturated heterocycles. The first-order valence-electron chi connectivity index (χ1n) is 12.0. The van der Waals surface area contributed by atoms with Gasteiger partial charge in [-0.1, -0.05) is 120 Å². The molecule has 1 nitrogen and oxygen atoms in total. The summed E-state index contributed by atoms with van der Waals surface area (Å²) in [6, 6.07) is 0. The first-order valence-corrected chi connectivity index (χ1v) is 13.1. The summed E-state index contributed by atoms with van der Waals surface area (Å²) < 4.78 is 6.05. The zero-order chi connectivity index (χ0) is 19.1. The largest absolute Gasteiger partial charge is 0.381 e. The third-order valence-electron chi connectivity index (χ3n) is 5.46. The number of rotatable bonds is 22. The van der Waals surface area contributed by atoms with Crippen molar-refractivity contribution in [2.45, 2.75) is 129 Å². The van der Waals surface area contributed by atoms with E-state index in [4.69, 9.17) is 4.74 Å². The van der Waals surface area contributed by atoms with Crippen LogP contribution in [-0.4, -0.2) is 18.5 Å². The van der Waals surface area contributed by atoms with Gasteiger partial charge in [0.15, 0.2) is 0 Å². The van der Waals surface area contributed by atoms with Crippen molar-refractivity contribution >= 4 is 15.9 Å².